The maximum Gasteiger partial charge on any atom is 0.253 e. The van der Waals surface area contributed by atoms with Crippen molar-refractivity contribution in [3.8, 4) is 11.5 Å². The van der Waals surface area contributed by atoms with Gasteiger partial charge < -0.3 is 24.5 Å². The highest BCUT2D eigenvalue weighted by Gasteiger charge is 2.12. The molecule has 0 unspecified atom stereocenters. The molecule has 8 heteroatoms. The average molecular weight is 388 g/mol. The van der Waals surface area contributed by atoms with Gasteiger partial charge in [0.1, 0.15) is 23.1 Å². The summed E-state index contributed by atoms with van der Waals surface area (Å²) in [5.41, 5.74) is 1.08. The lowest BCUT2D eigenvalue weighted by molar-refractivity contribution is 0.0947. The van der Waals surface area contributed by atoms with Crippen LogP contribution >= 0.6 is 11.6 Å². The van der Waals surface area contributed by atoms with Crippen LogP contribution in [0.15, 0.2) is 53.3 Å². The molecule has 0 atom stereocenters. The molecule has 1 aromatic carbocycles. The van der Waals surface area contributed by atoms with Crippen LogP contribution in [0.4, 0.5) is 11.5 Å². The minimum Gasteiger partial charge on any atom is -0.495 e. The van der Waals surface area contributed by atoms with E-state index in [9.17, 15) is 4.79 Å². The second kappa shape index (κ2) is 8.46. The van der Waals surface area contributed by atoms with E-state index in [1.54, 1.807) is 49.8 Å². The number of ether oxygens (including phenoxy) is 2. The molecule has 3 aromatic rings. The van der Waals surface area contributed by atoms with Gasteiger partial charge in [0.25, 0.3) is 5.91 Å². The molecule has 0 aliphatic rings. The third-order valence-corrected chi connectivity index (χ3v) is 4.06. The number of amides is 1. The second-order valence-electron chi connectivity index (χ2n) is 5.51. The third-order valence-electron chi connectivity index (χ3n) is 3.77. The number of anilines is 2. The number of carbonyl (C=O) groups is 1. The number of methoxy groups -OCH3 is 2. The summed E-state index contributed by atoms with van der Waals surface area (Å²) in [5.74, 6) is 2.03. The molecule has 0 aliphatic carbocycles. The standard InChI is InChI=1S/C19H18ClN3O4/c1-25-16-9-15(17(26-2)8-14(16)20)23-18-6-5-12(10-21-18)19(24)22-11-13-4-3-7-27-13/h3-10H,11H2,1-2H3,(H,21,23)(H,22,24). The van der Waals surface area contributed by atoms with Crippen LogP contribution in [-0.2, 0) is 6.54 Å². The fourth-order valence-electron chi connectivity index (χ4n) is 2.38. The summed E-state index contributed by atoms with van der Waals surface area (Å²) >= 11 is 6.11. The fraction of sp³-hybridized carbons (Fsp3) is 0.158. The Hall–Kier alpha value is -3.19. The van der Waals surface area contributed by atoms with Gasteiger partial charge in [-0.3, -0.25) is 4.79 Å². The third kappa shape index (κ3) is 4.51. The van der Waals surface area contributed by atoms with E-state index in [-0.39, 0.29) is 5.91 Å². The summed E-state index contributed by atoms with van der Waals surface area (Å²) in [6.45, 7) is 0.313. The van der Waals surface area contributed by atoms with Crippen molar-refractivity contribution in [1.82, 2.24) is 10.3 Å². The Morgan fingerprint density at radius 1 is 1.19 bits per heavy atom. The van der Waals surface area contributed by atoms with Gasteiger partial charge in [-0.15, -0.1) is 0 Å². The minimum absolute atomic E-state index is 0.240. The average Bonchev–Trinajstić information content (AvgIpc) is 3.21. The van der Waals surface area contributed by atoms with Crippen LogP contribution in [0, 0.1) is 0 Å². The number of halogens is 1. The normalized spacial score (nSPS) is 10.3. The number of nitrogens with one attached hydrogen (secondary N) is 2. The highest BCUT2D eigenvalue weighted by molar-refractivity contribution is 6.32. The fourth-order valence-corrected chi connectivity index (χ4v) is 2.61. The van der Waals surface area contributed by atoms with Crippen molar-refractivity contribution in [3.05, 3.63) is 65.2 Å². The Bertz CT molecular complexity index is 911. The summed E-state index contributed by atoms with van der Waals surface area (Å²) in [6, 6.07) is 10.3. The molecular weight excluding hydrogens is 370 g/mol. The van der Waals surface area contributed by atoms with Gasteiger partial charge in [-0.1, -0.05) is 11.6 Å². The monoisotopic (exact) mass is 387 g/mol. The van der Waals surface area contributed by atoms with Crippen LogP contribution in [0.3, 0.4) is 0 Å². The molecule has 7 nitrogen and oxygen atoms in total. The smallest absolute Gasteiger partial charge is 0.253 e. The SMILES string of the molecule is COc1cc(Nc2ccc(C(=O)NCc3ccco3)cn2)c(OC)cc1Cl. The molecule has 140 valence electrons. The number of rotatable bonds is 7. The van der Waals surface area contributed by atoms with Gasteiger partial charge in [0.05, 0.1) is 43.3 Å². The number of pyridine rings is 1. The summed E-state index contributed by atoms with van der Waals surface area (Å²) in [5, 5.41) is 6.33. The molecular formula is C19H18ClN3O4. The van der Waals surface area contributed by atoms with Crippen molar-refractivity contribution < 1.29 is 18.7 Å². The maximum absolute atomic E-state index is 12.2. The van der Waals surface area contributed by atoms with E-state index in [1.165, 1.54) is 13.3 Å². The molecule has 3 rings (SSSR count). The Morgan fingerprint density at radius 3 is 2.63 bits per heavy atom. The van der Waals surface area contributed by atoms with Crippen LogP contribution in [0.2, 0.25) is 5.02 Å². The molecule has 2 N–H and O–H groups in total. The van der Waals surface area contributed by atoms with E-state index in [2.05, 4.69) is 15.6 Å². The maximum atomic E-state index is 12.2. The van der Waals surface area contributed by atoms with Gasteiger partial charge in [0, 0.05) is 18.3 Å². The first-order valence-electron chi connectivity index (χ1n) is 8.06. The summed E-state index contributed by atoms with van der Waals surface area (Å²) in [6.07, 6.45) is 3.04. The van der Waals surface area contributed by atoms with Crippen molar-refractivity contribution >= 4 is 29.0 Å². The van der Waals surface area contributed by atoms with Gasteiger partial charge in [-0.25, -0.2) is 4.98 Å². The van der Waals surface area contributed by atoms with Gasteiger partial charge in [-0.2, -0.15) is 0 Å². The zero-order chi connectivity index (χ0) is 19.2. The molecule has 0 fully saturated rings. The number of furan rings is 1. The molecule has 0 radical (unpaired) electrons. The Kier molecular flexibility index (Phi) is 5.83. The highest BCUT2D eigenvalue weighted by atomic mass is 35.5. The first-order chi connectivity index (χ1) is 13.1. The van der Waals surface area contributed by atoms with E-state index >= 15 is 0 Å². The zero-order valence-corrected chi connectivity index (χ0v) is 15.5. The minimum atomic E-state index is -0.240. The lowest BCUT2D eigenvalue weighted by Crippen LogP contribution is -2.22. The van der Waals surface area contributed by atoms with Gasteiger partial charge in [-0.05, 0) is 24.3 Å². The van der Waals surface area contributed by atoms with Gasteiger partial charge in [0.15, 0.2) is 0 Å². The summed E-state index contributed by atoms with van der Waals surface area (Å²) in [4.78, 5) is 16.4. The van der Waals surface area contributed by atoms with Crippen molar-refractivity contribution in [1.29, 1.82) is 0 Å². The van der Waals surface area contributed by atoms with Crippen LogP contribution < -0.4 is 20.1 Å². The number of nitrogens with zero attached hydrogens (tertiary/aromatic N) is 1. The Labute approximate surface area is 161 Å². The van der Waals surface area contributed by atoms with E-state index in [0.717, 1.165) is 0 Å². The molecule has 0 aliphatic heterocycles. The van der Waals surface area contributed by atoms with Gasteiger partial charge >= 0.3 is 0 Å². The first kappa shape index (κ1) is 18.6. The molecule has 0 spiro atoms. The Balaban J connectivity index is 1.69. The first-order valence-corrected chi connectivity index (χ1v) is 8.43. The number of benzene rings is 1. The van der Waals surface area contributed by atoms with E-state index in [0.29, 0.717) is 45.9 Å². The lowest BCUT2D eigenvalue weighted by Gasteiger charge is -2.13. The molecule has 1 amide bonds. The molecule has 27 heavy (non-hydrogen) atoms. The molecule has 0 bridgehead atoms. The van der Waals surface area contributed by atoms with E-state index in [1.807, 2.05) is 0 Å². The molecule has 2 aromatic heterocycles. The van der Waals surface area contributed by atoms with Gasteiger partial charge in [0.2, 0.25) is 0 Å². The predicted molar refractivity (Wildman–Crippen MR) is 102 cm³/mol. The van der Waals surface area contributed by atoms with Crippen molar-refractivity contribution in [2.24, 2.45) is 0 Å². The van der Waals surface area contributed by atoms with E-state index in [4.69, 9.17) is 25.5 Å². The molecule has 2 heterocycles. The van der Waals surface area contributed by atoms with Crippen LogP contribution in [0.25, 0.3) is 0 Å². The topological polar surface area (TPSA) is 85.6 Å². The van der Waals surface area contributed by atoms with Crippen molar-refractivity contribution in [2.45, 2.75) is 6.54 Å². The second-order valence-corrected chi connectivity index (χ2v) is 5.91. The van der Waals surface area contributed by atoms with Crippen molar-refractivity contribution in [3.63, 3.8) is 0 Å². The van der Waals surface area contributed by atoms with Crippen LogP contribution in [0.5, 0.6) is 11.5 Å². The van der Waals surface area contributed by atoms with Crippen LogP contribution in [-0.4, -0.2) is 25.1 Å². The molecule has 0 saturated heterocycles. The number of hydrogen-bond acceptors (Lipinski definition) is 6. The highest BCUT2D eigenvalue weighted by Crippen LogP contribution is 2.37. The number of carbonyl (C=O) groups excluding carboxylic acids is 1. The van der Waals surface area contributed by atoms with Crippen LogP contribution in [0.1, 0.15) is 16.1 Å². The lowest BCUT2D eigenvalue weighted by atomic mass is 10.2. The largest absolute Gasteiger partial charge is 0.495 e. The summed E-state index contributed by atoms with van der Waals surface area (Å²) in [7, 11) is 3.08. The number of hydrogen-bond donors (Lipinski definition) is 2. The molecule has 0 saturated carbocycles. The van der Waals surface area contributed by atoms with Crippen molar-refractivity contribution in [2.75, 3.05) is 19.5 Å². The number of aromatic nitrogens is 1. The Morgan fingerprint density at radius 2 is 2.00 bits per heavy atom. The summed E-state index contributed by atoms with van der Waals surface area (Å²) < 4.78 is 15.7. The predicted octanol–water partition coefficient (Wildman–Crippen LogP) is 4.02. The quantitative estimate of drug-likeness (QED) is 0.636. The zero-order valence-electron chi connectivity index (χ0n) is 14.8. The van der Waals surface area contributed by atoms with E-state index < -0.39 is 0 Å².